The van der Waals surface area contributed by atoms with Crippen molar-refractivity contribution in [2.75, 3.05) is 32.8 Å². The van der Waals surface area contributed by atoms with Crippen LogP contribution in [0.25, 0.3) is 0 Å². The van der Waals surface area contributed by atoms with Gasteiger partial charge in [-0.15, -0.1) is 0 Å². The number of aromatic nitrogens is 1. The number of carbonyl (C=O) groups is 1. The zero-order valence-corrected chi connectivity index (χ0v) is 13.9. The minimum Gasteiger partial charge on any atom is -0.396 e. The monoisotopic (exact) mass is 317 g/mol. The van der Waals surface area contributed by atoms with Crippen LogP contribution in [0.4, 0.5) is 0 Å². The Labute approximate surface area is 138 Å². The lowest BCUT2D eigenvalue weighted by atomic mass is 9.79. The highest BCUT2D eigenvalue weighted by Crippen LogP contribution is 2.36. The molecule has 126 valence electrons. The lowest BCUT2D eigenvalue weighted by Crippen LogP contribution is -2.40. The van der Waals surface area contributed by atoms with E-state index in [1.807, 2.05) is 23.2 Å². The molecule has 0 aliphatic carbocycles. The molecule has 1 amide bonds. The minimum atomic E-state index is 0.186. The van der Waals surface area contributed by atoms with Gasteiger partial charge in [-0.3, -0.25) is 14.7 Å². The first kappa shape index (κ1) is 16.4. The van der Waals surface area contributed by atoms with E-state index in [-0.39, 0.29) is 12.5 Å². The van der Waals surface area contributed by atoms with Gasteiger partial charge in [-0.05, 0) is 42.7 Å². The fraction of sp³-hybridized carbons (Fsp3) is 0.667. The first-order valence-electron chi connectivity index (χ1n) is 8.66. The number of rotatable bonds is 4. The molecule has 23 heavy (non-hydrogen) atoms. The second-order valence-electron chi connectivity index (χ2n) is 6.97. The van der Waals surface area contributed by atoms with Crippen molar-refractivity contribution in [1.82, 2.24) is 14.8 Å². The predicted octanol–water partition coefficient (Wildman–Crippen LogP) is 1.38. The first-order chi connectivity index (χ1) is 11.2. The van der Waals surface area contributed by atoms with Gasteiger partial charge in [0.2, 0.25) is 5.91 Å². The van der Waals surface area contributed by atoms with Crippen LogP contribution in [-0.4, -0.2) is 58.6 Å². The number of aliphatic hydroxyl groups excluding tert-OH is 1. The summed E-state index contributed by atoms with van der Waals surface area (Å²) in [5.41, 5.74) is 1.09. The average molecular weight is 317 g/mol. The Kier molecular flexibility index (Phi) is 5.28. The summed E-state index contributed by atoms with van der Waals surface area (Å²) in [6.45, 7) is 6.50. The molecule has 2 aliphatic rings. The Bertz CT molecular complexity index is 514. The molecule has 3 heterocycles. The summed E-state index contributed by atoms with van der Waals surface area (Å²) < 4.78 is 0. The predicted molar refractivity (Wildman–Crippen MR) is 88.6 cm³/mol. The van der Waals surface area contributed by atoms with Crippen LogP contribution in [0, 0.1) is 17.8 Å². The van der Waals surface area contributed by atoms with E-state index in [1.165, 1.54) is 0 Å². The second kappa shape index (κ2) is 7.41. The largest absolute Gasteiger partial charge is 0.396 e. The summed E-state index contributed by atoms with van der Waals surface area (Å²) in [6, 6.07) is 6.03. The molecule has 2 saturated heterocycles. The third-order valence-electron chi connectivity index (χ3n) is 5.50. The Balaban J connectivity index is 1.58. The van der Waals surface area contributed by atoms with Crippen LogP contribution in [0.1, 0.15) is 25.5 Å². The first-order valence-corrected chi connectivity index (χ1v) is 8.66. The van der Waals surface area contributed by atoms with Gasteiger partial charge in [-0.2, -0.15) is 0 Å². The second-order valence-corrected chi connectivity index (χ2v) is 6.97. The van der Waals surface area contributed by atoms with E-state index >= 15 is 0 Å². The Morgan fingerprint density at radius 1 is 1.30 bits per heavy atom. The summed E-state index contributed by atoms with van der Waals surface area (Å²) in [6.07, 6.45) is 3.97. The van der Waals surface area contributed by atoms with Crippen LogP contribution in [0.3, 0.4) is 0 Å². The quantitative estimate of drug-likeness (QED) is 0.911. The van der Waals surface area contributed by atoms with Gasteiger partial charge in [0.05, 0.1) is 5.69 Å². The van der Waals surface area contributed by atoms with Crippen molar-refractivity contribution >= 4 is 5.91 Å². The zero-order valence-electron chi connectivity index (χ0n) is 13.9. The maximum Gasteiger partial charge on any atom is 0.219 e. The Morgan fingerprint density at radius 3 is 2.70 bits per heavy atom. The molecule has 3 rings (SSSR count). The fourth-order valence-corrected chi connectivity index (χ4v) is 4.21. The van der Waals surface area contributed by atoms with Gasteiger partial charge in [0.1, 0.15) is 0 Å². The number of amides is 1. The number of likely N-dealkylation sites (tertiary alicyclic amines) is 2. The summed E-state index contributed by atoms with van der Waals surface area (Å²) in [4.78, 5) is 20.3. The summed E-state index contributed by atoms with van der Waals surface area (Å²) in [7, 11) is 0. The van der Waals surface area contributed by atoms with Crippen molar-refractivity contribution in [1.29, 1.82) is 0 Å². The van der Waals surface area contributed by atoms with E-state index in [4.69, 9.17) is 0 Å². The van der Waals surface area contributed by atoms with Crippen LogP contribution in [0.15, 0.2) is 24.4 Å². The number of hydrogen-bond acceptors (Lipinski definition) is 4. The third kappa shape index (κ3) is 3.90. The topological polar surface area (TPSA) is 56.7 Å². The van der Waals surface area contributed by atoms with Crippen LogP contribution in [0.2, 0.25) is 0 Å². The molecule has 2 fully saturated rings. The minimum absolute atomic E-state index is 0.186. The average Bonchev–Trinajstić information content (AvgIpc) is 2.98. The van der Waals surface area contributed by atoms with Gasteiger partial charge >= 0.3 is 0 Å². The fourth-order valence-electron chi connectivity index (χ4n) is 4.21. The summed E-state index contributed by atoms with van der Waals surface area (Å²) in [5.74, 6) is 1.70. The molecule has 0 spiro atoms. The molecule has 0 bridgehead atoms. The lowest BCUT2D eigenvalue weighted by molar-refractivity contribution is -0.130. The third-order valence-corrected chi connectivity index (χ3v) is 5.50. The van der Waals surface area contributed by atoms with Crippen LogP contribution >= 0.6 is 0 Å². The van der Waals surface area contributed by atoms with Crippen molar-refractivity contribution in [2.45, 2.75) is 26.3 Å². The van der Waals surface area contributed by atoms with Crippen molar-refractivity contribution < 1.29 is 9.90 Å². The van der Waals surface area contributed by atoms with Crippen molar-refractivity contribution in [2.24, 2.45) is 17.8 Å². The molecular formula is C18H27N3O2. The molecule has 0 radical (unpaired) electrons. The van der Waals surface area contributed by atoms with E-state index in [9.17, 15) is 9.90 Å². The standard InChI is InChI=1S/C18H27N3O2/c1-14(23)21-8-5-15(6-9-21)18-12-20(10-16(18)13-22)11-17-4-2-3-7-19-17/h2-4,7,15-16,18,22H,5-6,8-13H2,1H3/t16-,18-/m0/s1. The van der Waals surface area contributed by atoms with Crippen molar-refractivity contribution in [3.05, 3.63) is 30.1 Å². The number of pyridine rings is 1. The molecule has 0 unspecified atom stereocenters. The summed E-state index contributed by atoms with van der Waals surface area (Å²) in [5, 5.41) is 9.78. The number of nitrogens with zero attached hydrogens (tertiary/aromatic N) is 3. The van der Waals surface area contributed by atoms with E-state index in [0.29, 0.717) is 17.8 Å². The molecule has 1 aromatic heterocycles. The molecule has 2 aliphatic heterocycles. The highest BCUT2D eigenvalue weighted by molar-refractivity contribution is 5.73. The van der Waals surface area contributed by atoms with Crippen LogP contribution < -0.4 is 0 Å². The number of aliphatic hydroxyl groups is 1. The molecule has 0 aromatic carbocycles. The molecular weight excluding hydrogens is 290 g/mol. The van der Waals surface area contributed by atoms with Gasteiger partial charge in [0.25, 0.3) is 0 Å². The Hall–Kier alpha value is -1.46. The lowest BCUT2D eigenvalue weighted by Gasteiger charge is -2.36. The van der Waals surface area contributed by atoms with Gasteiger partial charge in [0.15, 0.2) is 0 Å². The number of piperidine rings is 1. The molecule has 5 heteroatoms. The summed E-state index contributed by atoms with van der Waals surface area (Å²) >= 11 is 0. The molecule has 1 aromatic rings. The SMILES string of the molecule is CC(=O)N1CCC([C@@H]2CN(Cc3ccccn3)C[C@H]2CO)CC1. The van der Waals surface area contributed by atoms with Gasteiger partial charge < -0.3 is 10.0 Å². The highest BCUT2D eigenvalue weighted by atomic mass is 16.3. The van der Waals surface area contributed by atoms with E-state index < -0.39 is 0 Å². The molecule has 2 atom stereocenters. The van der Waals surface area contributed by atoms with E-state index in [0.717, 1.165) is 51.3 Å². The Morgan fingerprint density at radius 2 is 2.09 bits per heavy atom. The highest BCUT2D eigenvalue weighted by Gasteiger charge is 2.38. The maximum absolute atomic E-state index is 11.5. The van der Waals surface area contributed by atoms with E-state index in [2.05, 4.69) is 16.0 Å². The van der Waals surface area contributed by atoms with Crippen molar-refractivity contribution in [3.63, 3.8) is 0 Å². The van der Waals surface area contributed by atoms with Crippen LogP contribution in [0.5, 0.6) is 0 Å². The van der Waals surface area contributed by atoms with Crippen LogP contribution in [-0.2, 0) is 11.3 Å². The number of hydrogen-bond donors (Lipinski definition) is 1. The van der Waals surface area contributed by atoms with Gasteiger partial charge in [-0.1, -0.05) is 6.07 Å². The van der Waals surface area contributed by atoms with Gasteiger partial charge in [0, 0.05) is 52.5 Å². The van der Waals surface area contributed by atoms with E-state index in [1.54, 1.807) is 6.92 Å². The van der Waals surface area contributed by atoms with Crippen molar-refractivity contribution in [3.8, 4) is 0 Å². The molecule has 0 saturated carbocycles. The maximum atomic E-state index is 11.5. The zero-order chi connectivity index (χ0) is 16.2. The van der Waals surface area contributed by atoms with Gasteiger partial charge in [-0.25, -0.2) is 0 Å². The number of carbonyl (C=O) groups excluding carboxylic acids is 1. The smallest absolute Gasteiger partial charge is 0.219 e. The normalized spacial score (nSPS) is 26.6. The molecule has 1 N–H and O–H groups in total. The molecule has 5 nitrogen and oxygen atoms in total.